The molecule has 2 aromatic rings. The smallest absolute Gasteiger partial charge is 0.304 e. The number of imidazole rings is 1. The summed E-state index contributed by atoms with van der Waals surface area (Å²) in [5, 5.41) is 0.920. The summed E-state index contributed by atoms with van der Waals surface area (Å²) in [6, 6.07) is 1.85. The fourth-order valence-electron chi connectivity index (χ4n) is 2.70. The number of hydrogen-bond acceptors (Lipinski definition) is 5. The van der Waals surface area contributed by atoms with Gasteiger partial charge in [-0.2, -0.15) is 8.42 Å². The number of aromatic nitrogens is 3. The van der Waals surface area contributed by atoms with E-state index >= 15 is 0 Å². The maximum absolute atomic E-state index is 12.0. The molecule has 2 aromatic heterocycles. The first-order valence-electron chi connectivity index (χ1n) is 7.83. The number of nitrogens with one attached hydrogen (secondary N) is 2. The highest BCUT2D eigenvalue weighted by molar-refractivity contribution is 7.97. The first kappa shape index (κ1) is 17.8. The van der Waals surface area contributed by atoms with E-state index < -0.39 is 10.2 Å². The van der Waals surface area contributed by atoms with Crippen molar-refractivity contribution in [2.45, 2.75) is 24.8 Å². The Morgan fingerprint density at radius 3 is 2.68 bits per heavy atom. The molecule has 0 spiro atoms. The summed E-state index contributed by atoms with van der Waals surface area (Å²) in [5.41, 5.74) is 3.94. The standard InChI is InChI=1S/C16H21N5O2S2/c1-12-15(8-9-21(12)25(22,23)17-2)13-4-6-14(7-5-13)19-24-16-10-20(3)11-18-16/h4,6,8-11,17,19H,5,7H2,1-3H3. The molecule has 0 amide bonds. The third kappa shape index (κ3) is 3.83. The Labute approximate surface area is 152 Å². The lowest BCUT2D eigenvalue weighted by Crippen LogP contribution is -2.26. The molecule has 0 saturated heterocycles. The van der Waals surface area contributed by atoms with Crippen molar-refractivity contribution in [3.05, 3.63) is 53.9 Å². The normalized spacial score (nSPS) is 15.0. The molecule has 2 N–H and O–H groups in total. The van der Waals surface area contributed by atoms with E-state index in [0.717, 1.165) is 34.7 Å². The molecule has 0 bridgehead atoms. The fourth-order valence-corrected chi connectivity index (χ4v) is 4.30. The van der Waals surface area contributed by atoms with Crippen LogP contribution in [0.25, 0.3) is 5.57 Å². The Morgan fingerprint density at radius 2 is 2.08 bits per heavy atom. The van der Waals surface area contributed by atoms with Crippen molar-refractivity contribution in [1.82, 2.24) is 23.0 Å². The highest BCUT2D eigenvalue weighted by atomic mass is 32.2. The monoisotopic (exact) mass is 379 g/mol. The molecule has 0 atom stereocenters. The quantitative estimate of drug-likeness (QED) is 0.752. The van der Waals surface area contributed by atoms with Crippen LogP contribution in [0.15, 0.2) is 47.7 Å². The van der Waals surface area contributed by atoms with Crippen molar-refractivity contribution in [2.24, 2.45) is 7.05 Å². The van der Waals surface area contributed by atoms with Gasteiger partial charge in [-0.15, -0.1) is 0 Å². The maximum atomic E-state index is 12.0. The minimum atomic E-state index is -3.50. The third-order valence-corrected chi connectivity index (χ3v) is 6.29. The minimum absolute atomic E-state index is 0.716. The number of allylic oxidation sites excluding steroid dienone is 4. The summed E-state index contributed by atoms with van der Waals surface area (Å²) < 4.78 is 32.8. The predicted octanol–water partition coefficient (Wildman–Crippen LogP) is 2.20. The third-order valence-electron chi connectivity index (χ3n) is 4.08. The van der Waals surface area contributed by atoms with Crippen molar-refractivity contribution in [3.8, 4) is 0 Å². The molecule has 0 unspecified atom stereocenters. The van der Waals surface area contributed by atoms with Gasteiger partial charge in [-0.05, 0) is 43.0 Å². The van der Waals surface area contributed by atoms with E-state index in [1.54, 1.807) is 12.5 Å². The Hall–Kier alpha value is -1.97. The molecule has 0 radical (unpaired) electrons. The van der Waals surface area contributed by atoms with Crippen LogP contribution in [0.1, 0.15) is 24.1 Å². The van der Waals surface area contributed by atoms with Crippen molar-refractivity contribution >= 4 is 27.7 Å². The molecule has 1 aliphatic carbocycles. The van der Waals surface area contributed by atoms with Crippen LogP contribution in [-0.2, 0) is 17.3 Å². The molecule has 2 heterocycles. The SMILES string of the molecule is CNS(=O)(=O)n1ccc(C2=CC=C(NSc3cn(C)cn3)CC2)c1C. The van der Waals surface area contributed by atoms with Crippen LogP contribution in [0.5, 0.6) is 0 Å². The molecule has 3 rings (SSSR count). The van der Waals surface area contributed by atoms with Gasteiger partial charge in [0.25, 0.3) is 0 Å². The van der Waals surface area contributed by atoms with Crippen LogP contribution in [0.4, 0.5) is 0 Å². The summed E-state index contributed by atoms with van der Waals surface area (Å²) in [5.74, 6) is 0. The van der Waals surface area contributed by atoms with Crippen LogP contribution >= 0.6 is 11.9 Å². The van der Waals surface area contributed by atoms with Gasteiger partial charge in [0.15, 0.2) is 0 Å². The van der Waals surface area contributed by atoms with Gasteiger partial charge in [0.1, 0.15) is 5.03 Å². The lowest BCUT2D eigenvalue weighted by molar-refractivity contribution is 0.578. The van der Waals surface area contributed by atoms with Gasteiger partial charge >= 0.3 is 10.2 Å². The van der Waals surface area contributed by atoms with Gasteiger partial charge < -0.3 is 9.29 Å². The zero-order valence-electron chi connectivity index (χ0n) is 14.4. The predicted molar refractivity (Wildman–Crippen MR) is 100 cm³/mol. The van der Waals surface area contributed by atoms with Crippen LogP contribution in [-0.4, -0.2) is 29.0 Å². The number of hydrogen-bond donors (Lipinski definition) is 2. The summed E-state index contributed by atoms with van der Waals surface area (Å²) in [6.07, 6.45) is 11.1. The average molecular weight is 380 g/mol. The van der Waals surface area contributed by atoms with E-state index in [1.165, 1.54) is 23.0 Å². The molecule has 25 heavy (non-hydrogen) atoms. The van der Waals surface area contributed by atoms with Gasteiger partial charge in [-0.25, -0.2) is 13.7 Å². The Morgan fingerprint density at radius 1 is 1.28 bits per heavy atom. The van der Waals surface area contributed by atoms with Crippen molar-refractivity contribution in [1.29, 1.82) is 0 Å². The fraction of sp³-hybridized carbons (Fsp3) is 0.312. The Kier molecular flexibility index (Phi) is 5.07. The lowest BCUT2D eigenvalue weighted by Gasteiger charge is -2.16. The number of nitrogens with zero attached hydrogens (tertiary/aromatic N) is 3. The molecule has 9 heteroatoms. The second kappa shape index (κ2) is 7.11. The number of aryl methyl sites for hydroxylation is 1. The van der Waals surface area contributed by atoms with Gasteiger partial charge in [0, 0.05) is 49.8 Å². The molecule has 7 nitrogen and oxygen atoms in total. The maximum Gasteiger partial charge on any atom is 0.304 e. The van der Waals surface area contributed by atoms with Crippen molar-refractivity contribution < 1.29 is 8.42 Å². The second-order valence-electron chi connectivity index (χ2n) is 5.79. The molecular weight excluding hydrogens is 358 g/mol. The van der Waals surface area contributed by atoms with Crippen LogP contribution < -0.4 is 9.44 Å². The van der Waals surface area contributed by atoms with E-state index in [9.17, 15) is 8.42 Å². The van der Waals surface area contributed by atoms with E-state index in [0.29, 0.717) is 5.69 Å². The zero-order chi connectivity index (χ0) is 18.0. The summed E-state index contributed by atoms with van der Waals surface area (Å²) in [7, 11) is -0.145. The lowest BCUT2D eigenvalue weighted by atomic mass is 9.96. The summed E-state index contributed by atoms with van der Waals surface area (Å²) >= 11 is 1.49. The van der Waals surface area contributed by atoms with Gasteiger partial charge in [-0.3, -0.25) is 0 Å². The van der Waals surface area contributed by atoms with E-state index in [1.807, 2.05) is 43.0 Å². The Bertz CT molecular complexity index is 938. The van der Waals surface area contributed by atoms with Crippen molar-refractivity contribution in [3.63, 3.8) is 0 Å². The van der Waals surface area contributed by atoms with Gasteiger partial charge in [0.2, 0.25) is 0 Å². The molecule has 1 aliphatic rings. The van der Waals surface area contributed by atoms with Crippen LogP contribution in [0.2, 0.25) is 0 Å². The largest absolute Gasteiger partial charge is 0.339 e. The van der Waals surface area contributed by atoms with E-state index in [-0.39, 0.29) is 0 Å². The topological polar surface area (TPSA) is 81.0 Å². The molecule has 0 fully saturated rings. The first-order valence-corrected chi connectivity index (χ1v) is 10.1. The van der Waals surface area contributed by atoms with E-state index in [2.05, 4.69) is 14.4 Å². The number of rotatable bonds is 6. The van der Waals surface area contributed by atoms with Crippen LogP contribution in [0, 0.1) is 6.92 Å². The summed E-state index contributed by atoms with van der Waals surface area (Å²) in [4.78, 5) is 4.26. The van der Waals surface area contributed by atoms with Crippen molar-refractivity contribution in [2.75, 3.05) is 7.05 Å². The Balaban J connectivity index is 1.73. The molecule has 0 aliphatic heterocycles. The molecule has 134 valence electrons. The van der Waals surface area contributed by atoms with Crippen LogP contribution in [0.3, 0.4) is 0 Å². The molecule has 0 aromatic carbocycles. The highest BCUT2D eigenvalue weighted by Gasteiger charge is 2.18. The zero-order valence-corrected chi connectivity index (χ0v) is 16.0. The van der Waals surface area contributed by atoms with Gasteiger partial charge in [-0.1, -0.05) is 6.08 Å². The first-order chi connectivity index (χ1) is 11.9. The summed E-state index contributed by atoms with van der Waals surface area (Å²) in [6.45, 7) is 1.82. The molecule has 0 saturated carbocycles. The average Bonchev–Trinajstić information content (AvgIpc) is 3.19. The molecular formula is C16H21N5O2S2. The van der Waals surface area contributed by atoms with E-state index in [4.69, 9.17) is 0 Å². The minimum Gasteiger partial charge on any atom is -0.339 e. The highest BCUT2D eigenvalue weighted by Crippen LogP contribution is 2.30. The van der Waals surface area contributed by atoms with Gasteiger partial charge in [0.05, 0.1) is 6.33 Å². The second-order valence-corrected chi connectivity index (χ2v) is 8.36.